The number of rotatable bonds is 7. The van der Waals surface area contributed by atoms with Crippen molar-refractivity contribution in [1.82, 2.24) is 14.6 Å². The minimum absolute atomic E-state index is 0.503. The van der Waals surface area contributed by atoms with Crippen molar-refractivity contribution in [1.29, 1.82) is 0 Å². The molecule has 0 amide bonds. The molecule has 4 N–H and O–H groups in total. The molecule has 0 saturated carbocycles. The molecule has 140 valence electrons. The minimum Gasteiger partial charge on any atom is -0.322 e. The van der Waals surface area contributed by atoms with Crippen LogP contribution in [0.15, 0.2) is 60.7 Å². The molecule has 26 heavy (non-hydrogen) atoms. The fourth-order valence-corrected chi connectivity index (χ4v) is 4.42. The predicted octanol–water partition coefficient (Wildman–Crippen LogP) is 2.25. The van der Waals surface area contributed by atoms with Crippen molar-refractivity contribution in [3.63, 3.8) is 0 Å². The third-order valence-corrected chi connectivity index (χ3v) is 5.65. The molecule has 2 aromatic rings. The molecular formula is C19H26N4O2S. The zero-order valence-electron chi connectivity index (χ0n) is 14.7. The molecule has 0 spiro atoms. The van der Waals surface area contributed by atoms with Crippen molar-refractivity contribution >= 4 is 10.2 Å². The molecule has 1 saturated heterocycles. The number of hydrogen-bond donors (Lipinski definition) is 3. The van der Waals surface area contributed by atoms with E-state index in [9.17, 15) is 8.42 Å². The van der Waals surface area contributed by atoms with Crippen LogP contribution in [0.25, 0.3) is 0 Å². The Morgan fingerprint density at radius 3 is 1.96 bits per heavy atom. The van der Waals surface area contributed by atoms with E-state index in [0.29, 0.717) is 0 Å². The van der Waals surface area contributed by atoms with Crippen LogP contribution in [0.2, 0.25) is 0 Å². The summed E-state index contributed by atoms with van der Waals surface area (Å²) in [5, 5.41) is 1.75. The standard InChI is InChI=1S/C19H26N4O2S/c20-18(16-10-4-1-5-11-16)19(17-12-6-2-7-13-17)21-26(24,25)22-23-14-8-3-9-15-23/h1-2,4-7,10-13,18-19,21-22H,3,8-9,14-15,20H2. The number of benzene rings is 2. The Kier molecular flexibility index (Phi) is 6.39. The van der Waals surface area contributed by atoms with Gasteiger partial charge in [-0.3, -0.25) is 0 Å². The minimum atomic E-state index is -3.74. The molecule has 0 aliphatic carbocycles. The SMILES string of the molecule is NC(c1ccccc1)C(NS(=O)(=O)NN1CCCCC1)c1ccccc1. The van der Waals surface area contributed by atoms with Crippen LogP contribution < -0.4 is 15.3 Å². The Labute approximate surface area is 155 Å². The Hall–Kier alpha value is -1.77. The first-order chi connectivity index (χ1) is 12.6. The van der Waals surface area contributed by atoms with Gasteiger partial charge >= 0.3 is 0 Å². The number of hydrazine groups is 1. The molecular weight excluding hydrogens is 348 g/mol. The van der Waals surface area contributed by atoms with E-state index in [1.165, 1.54) is 0 Å². The van der Waals surface area contributed by atoms with Gasteiger partial charge in [0.25, 0.3) is 10.2 Å². The smallest absolute Gasteiger partial charge is 0.290 e. The van der Waals surface area contributed by atoms with Crippen LogP contribution >= 0.6 is 0 Å². The lowest BCUT2D eigenvalue weighted by Crippen LogP contribution is -2.51. The molecule has 0 aromatic heterocycles. The van der Waals surface area contributed by atoms with Crippen molar-refractivity contribution in [2.45, 2.75) is 31.3 Å². The van der Waals surface area contributed by atoms with E-state index in [1.807, 2.05) is 60.7 Å². The molecule has 0 bridgehead atoms. The van der Waals surface area contributed by atoms with E-state index in [4.69, 9.17) is 5.73 Å². The maximum absolute atomic E-state index is 12.7. The summed E-state index contributed by atoms with van der Waals surface area (Å²) < 4.78 is 28.1. The first kappa shape index (κ1) is 19.0. The molecule has 7 heteroatoms. The lowest BCUT2D eigenvalue weighted by molar-refractivity contribution is 0.198. The third-order valence-electron chi connectivity index (χ3n) is 4.59. The lowest BCUT2D eigenvalue weighted by atomic mass is 9.95. The van der Waals surface area contributed by atoms with Crippen LogP contribution in [0.3, 0.4) is 0 Å². The van der Waals surface area contributed by atoms with Crippen molar-refractivity contribution < 1.29 is 8.42 Å². The maximum atomic E-state index is 12.7. The third kappa shape index (κ3) is 5.12. The molecule has 6 nitrogen and oxygen atoms in total. The molecule has 2 aromatic carbocycles. The largest absolute Gasteiger partial charge is 0.322 e. The van der Waals surface area contributed by atoms with Crippen LogP contribution in [-0.2, 0) is 10.2 Å². The van der Waals surface area contributed by atoms with Crippen molar-refractivity contribution in [3.8, 4) is 0 Å². The van der Waals surface area contributed by atoms with Gasteiger partial charge in [-0.15, -0.1) is 4.83 Å². The van der Waals surface area contributed by atoms with Crippen LogP contribution in [0.5, 0.6) is 0 Å². The highest BCUT2D eigenvalue weighted by atomic mass is 32.2. The molecule has 3 rings (SSSR count). The van der Waals surface area contributed by atoms with Crippen LogP contribution in [-0.4, -0.2) is 26.5 Å². The van der Waals surface area contributed by atoms with E-state index in [-0.39, 0.29) is 0 Å². The summed E-state index contributed by atoms with van der Waals surface area (Å²) in [4.78, 5) is 2.64. The van der Waals surface area contributed by atoms with Gasteiger partial charge in [0, 0.05) is 13.1 Å². The predicted molar refractivity (Wildman–Crippen MR) is 103 cm³/mol. The number of nitrogens with one attached hydrogen (secondary N) is 2. The summed E-state index contributed by atoms with van der Waals surface area (Å²) in [5.41, 5.74) is 8.15. The summed E-state index contributed by atoms with van der Waals surface area (Å²) >= 11 is 0. The number of nitrogens with zero attached hydrogens (tertiary/aromatic N) is 1. The molecule has 2 unspecified atom stereocenters. The summed E-state index contributed by atoms with van der Waals surface area (Å²) in [7, 11) is -3.74. The summed E-state index contributed by atoms with van der Waals surface area (Å²) in [6, 6.07) is 17.9. The molecule has 0 radical (unpaired) electrons. The van der Waals surface area contributed by atoms with Crippen LogP contribution in [0.4, 0.5) is 0 Å². The van der Waals surface area contributed by atoms with Crippen LogP contribution in [0, 0.1) is 0 Å². The normalized spacial score (nSPS) is 18.3. The van der Waals surface area contributed by atoms with E-state index < -0.39 is 22.3 Å². The highest BCUT2D eigenvalue weighted by Crippen LogP contribution is 2.27. The average molecular weight is 375 g/mol. The molecule has 1 aliphatic rings. The lowest BCUT2D eigenvalue weighted by Gasteiger charge is -2.30. The Balaban J connectivity index is 1.81. The van der Waals surface area contributed by atoms with Gasteiger partial charge in [0.1, 0.15) is 0 Å². The van der Waals surface area contributed by atoms with Crippen molar-refractivity contribution in [2.75, 3.05) is 13.1 Å². The van der Waals surface area contributed by atoms with Gasteiger partial charge in [-0.1, -0.05) is 67.1 Å². The van der Waals surface area contributed by atoms with Gasteiger partial charge in [-0.05, 0) is 24.0 Å². The maximum Gasteiger partial charge on any atom is 0.290 e. The molecule has 1 fully saturated rings. The van der Waals surface area contributed by atoms with Gasteiger partial charge in [-0.2, -0.15) is 13.1 Å². The fourth-order valence-electron chi connectivity index (χ4n) is 3.23. The summed E-state index contributed by atoms with van der Waals surface area (Å²) in [5.74, 6) is 0. The summed E-state index contributed by atoms with van der Waals surface area (Å²) in [6.07, 6.45) is 3.12. The van der Waals surface area contributed by atoms with Gasteiger partial charge in [-0.25, -0.2) is 5.01 Å². The zero-order chi connectivity index (χ0) is 18.4. The second kappa shape index (κ2) is 8.75. The van der Waals surface area contributed by atoms with E-state index in [0.717, 1.165) is 43.5 Å². The van der Waals surface area contributed by atoms with E-state index >= 15 is 0 Å². The monoisotopic (exact) mass is 374 g/mol. The van der Waals surface area contributed by atoms with E-state index in [1.54, 1.807) is 5.01 Å². The topological polar surface area (TPSA) is 87.5 Å². The quantitative estimate of drug-likeness (QED) is 0.694. The molecule has 2 atom stereocenters. The second-order valence-corrected chi connectivity index (χ2v) is 8.01. The van der Waals surface area contributed by atoms with Crippen molar-refractivity contribution in [2.24, 2.45) is 5.73 Å². The second-order valence-electron chi connectivity index (χ2n) is 6.59. The fraction of sp³-hybridized carbons (Fsp3) is 0.368. The Morgan fingerprint density at radius 1 is 0.846 bits per heavy atom. The molecule has 1 aliphatic heterocycles. The first-order valence-corrected chi connectivity index (χ1v) is 10.4. The van der Waals surface area contributed by atoms with Gasteiger partial charge in [0.05, 0.1) is 12.1 Å². The highest BCUT2D eigenvalue weighted by molar-refractivity contribution is 7.87. The highest BCUT2D eigenvalue weighted by Gasteiger charge is 2.27. The Morgan fingerprint density at radius 2 is 1.38 bits per heavy atom. The van der Waals surface area contributed by atoms with Crippen LogP contribution in [0.1, 0.15) is 42.5 Å². The first-order valence-electron chi connectivity index (χ1n) is 8.95. The van der Waals surface area contributed by atoms with E-state index in [2.05, 4.69) is 9.55 Å². The van der Waals surface area contributed by atoms with Gasteiger partial charge in [0.2, 0.25) is 0 Å². The van der Waals surface area contributed by atoms with Crippen molar-refractivity contribution in [3.05, 3.63) is 71.8 Å². The summed E-state index contributed by atoms with van der Waals surface area (Å²) in [6.45, 7) is 1.45. The average Bonchev–Trinajstić information content (AvgIpc) is 2.67. The molecule has 1 heterocycles. The number of piperidine rings is 1. The number of hydrogen-bond acceptors (Lipinski definition) is 4. The Bertz CT molecular complexity index is 778. The zero-order valence-corrected chi connectivity index (χ0v) is 15.5. The van der Waals surface area contributed by atoms with Gasteiger partial charge < -0.3 is 5.73 Å². The number of nitrogens with two attached hydrogens (primary N) is 1. The van der Waals surface area contributed by atoms with Gasteiger partial charge in [0.15, 0.2) is 0 Å².